The molecule has 21 heavy (non-hydrogen) atoms. The van der Waals surface area contributed by atoms with Crippen LogP contribution >= 0.6 is 0 Å². The van der Waals surface area contributed by atoms with Crippen LogP contribution in [0, 0.1) is 5.92 Å². The number of hydrogen-bond donors (Lipinski definition) is 1. The Morgan fingerprint density at radius 3 is 2.71 bits per heavy atom. The third kappa shape index (κ3) is 4.78. The molecule has 1 heterocycles. The van der Waals surface area contributed by atoms with Crippen LogP contribution in [0.4, 0.5) is 0 Å². The van der Waals surface area contributed by atoms with Crippen molar-refractivity contribution < 1.29 is 4.74 Å². The van der Waals surface area contributed by atoms with E-state index in [2.05, 4.69) is 22.6 Å². The Hall–Kier alpha value is -0.940. The number of hydrogen-bond acceptors (Lipinski definition) is 4. The SMILES string of the molecule is CCCNC(Cc1cn(C)nn1)C(OC)C1CCCCC1. The van der Waals surface area contributed by atoms with Gasteiger partial charge < -0.3 is 10.1 Å². The first-order chi connectivity index (χ1) is 10.2. The van der Waals surface area contributed by atoms with Gasteiger partial charge in [-0.3, -0.25) is 4.68 Å². The van der Waals surface area contributed by atoms with Gasteiger partial charge in [0.1, 0.15) is 0 Å². The Morgan fingerprint density at radius 1 is 1.38 bits per heavy atom. The predicted molar refractivity (Wildman–Crippen MR) is 84.2 cm³/mol. The molecule has 2 rings (SSSR count). The maximum atomic E-state index is 5.91. The number of rotatable bonds is 8. The van der Waals surface area contributed by atoms with Crippen molar-refractivity contribution in [2.75, 3.05) is 13.7 Å². The molecular weight excluding hydrogens is 264 g/mol. The van der Waals surface area contributed by atoms with E-state index in [0.717, 1.165) is 25.1 Å². The van der Waals surface area contributed by atoms with Crippen molar-refractivity contribution in [3.05, 3.63) is 11.9 Å². The second-order valence-corrected chi connectivity index (χ2v) is 6.25. The topological polar surface area (TPSA) is 52.0 Å². The minimum Gasteiger partial charge on any atom is -0.380 e. The Kier molecular flexibility index (Phi) is 6.64. The largest absolute Gasteiger partial charge is 0.380 e. The summed E-state index contributed by atoms with van der Waals surface area (Å²) in [5, 5.41) is 12.0. The summed E-state index contributed by atoms with van der Waals surface area (Å²) in [6.45, 7) is 3.23. The maximum Gasteiger partial charge on any atom is 0.0843 e. The van der Waals surface area contributed by atoms with E-state index in [0.29, 0.717) is 12.0 Å². The van der Waals surface area contributed by atoms with Crippen LogP contribution in [-0.2, 0) is 18.2 Å². The summed E-state index contributed by atoms with van der Waals surface area (Å²) in [4.78, 5) is 0. The molecule has 2 unspecified atom stereocenters. The van der Waals surface area contributed by atoms with Gasteiger partial charge in [0.25, 0.3) is 0 Å². The lowest BCUT2D eigenvalue weighted by Gasteiger charge is -2.35. The summed E-state index contributed by atoms with van der Waals surface area (Å²) >= 11 is 0. The number of nitrogens with zero attached hydrogens (tertiary/aromatic N) is 3. The van der Waals surface area contributed by atoms with Crippen LogP contribution in [0.5, 0.6) is 0 Å². The van der Waals surface area contributed by atoms with E-state index in [4.69, 9.17) is 4.74 Å². The van der Waals surface area contributed by atoms with Crippen LogP contribution in [0.1, 0.15) is 51.1 Å². The van der Waals surface area contributed by atoms with Crippen molar-refractivity contribution in [1.29, 1.82) is 0 Å². The zero-order valence-corrected chi connectivity index (χ0v) is 13.7. The molecule has 0 bridgehead atoms. The van der Waals surface area contributed by atoms with Gasteiger partial charge in [-0.1, -0.05) is 31.4 Å². The maximum absolute atomic E-state index is 5.91. The number of aromatic nitrogens is 3. The van der Waals surface area contributed by atoms with Gasteiger partial charge in [-0.15, -0.1) is 5.10 Å². The molecule has 120 valence electrons. The summed E-state index contributed by atoms with van der Waals surface area (Å²) in [6, 6.07) is 0.328. The van der Waals surface area contributed by atoms with Crippen molar-refractivity contribution in [3.8, 4) is 0 Å². The quantitative estimate of drug-likeness (QED) is 0.799. The standard InChI is InChI=1S/C16H30N4O/c1-4-10-17-15(11-14-12-20(2)19-18-14)16(21-3)13-8-6-5-7-9-13/h12-13,15-17H,4-11H2,1-3H3. The molecule has 0 spiro atoms. The second kappa shape index (κ2) is 8.49. The van der Waals surface area contributed by atoms with E-state index in [1.807, 2.05) is 20.4 Å². The smallest absolute Gasteiger partial charge is 0.0843 e. The average molecular weight is 294 g/mol. The number of nitrogens with one attached hydrogen (secondary N) is 1. The summed E-state index contributed by atoms with van der Waals surface area (Å²) < 4.78 is 7.68. The van der Waals surface area contributed by atoms with Gasteiger partial charge >= 0.3 is 0 Å². The Labute approximate surface area is 128 Å². The first-order valence-electron chi connectivity index (χ1n) is 8.36. The molecule has 1 saturated carbocycles. The predicted octanol–water partition coefficient (Wildman–Crippen LogP) is 2.32. The van der Waals surface area contributed by atoms with Gasteiger partial charge in [0.2, 0.25) is 0 Å². The number of aryl methyl sites for hydroxylation is 1. The van der Waals surface area contributed by atoms with Crippen LogP contribution < -0.4 is 5.32 Å². The molecular formula is C16H30N4O. The van der Waals surface area contributed by atoms with Crippen molar-refractivity contribution in [3.63, 3.8) is 0 Å². The number of methoxy groups -OCH3 is 1. The van der Waals surface area contributed by atoms with Crippen LogP contribution in [0.15, 0.2) is 6.20 Å². The minimum absolute atomic E-state index is 0.277. The van der Waals surface area contributed by atoms with Crippen LogP contribution in [0.2, 0.25) is 0 Å². The highest BCUT2D eigenvalue weighted by atomic mass is 16.5. The lowest BCUT2D eigenvalue weighted by Crippen LogP contribution is -2.47. The molecule has 1 N–H and O–H groups in total. The molecule has 1 aliphatic rings. The fourth-order valence-corrected chi connectivity index (χ4v) is 3.50. The highest BCUT2D eigenvalue weighted by Crippen LogP contribution is 2.30. The van der Waals surface area contributed by atoms with E-state index >= 15 is 0 Å². The zero-order chi connectivity index (χ0) is 15.1. The zero-order valence-electron chi connectivity index (χ0n) is 13.7. The summed E-state index contributed by atoms with van der Waals surface area (Å²) in [5.41, 5.74) is 1.05. The first-order valence-corrected chi connectivity index (χ1v) is 8.36. The lowest BCUT2D eigenvalue weighted by atomic mass is 9.81. The van der Waals surface area contributed by atoms with Gasteiger partial charge in [-0.05, 0) is 31.7 Å². The fourth-order valence-electron chi connectivity index (χ4n) is 3.50. The van der Waals surface area contributed by atoms with E-state index < -0.39 is 0 Å². The summed E-state index contributed by atoms with van der Waals surface area (Å²) in [6.07, 6.45) is 11.0. The monoisotopic (exact) mass is 294 g/mol. The Balaban J connectivity index is 2.04. The number of ether oxygens (including phenoxy) is 1. The molecule has 5 nitrogen and oxygen atoms in total. The van der Waals surface area contributed by atoms with E-state index in [-0.39, 0.29) is 6.10 Å². The molecule has 1 fully saturated rings. The summed E-state index contributed by atoms with van der Waals surface area (Å²) in [5.74, 6) is 0.676. The van der Waals surface area contributed by atoms with Crippen molar-refractivity contribution in [2.24, 2.45) is 13.0 Å². The molecule has 0 aromatic carbocycles. The molecule has 1 aliphatic carbocycles. The van der Waals surface area contributed by atoms with E-state index in [9.17, 15) is 0 Å². The molecule has 1 aromatic heterocycles. The lowest BCUT2D eigenvalue weighted by molar-refractivity contribution is 0.00811. The first kappa shape index (κ1) is 16.4. The normalized spacial score (nSPS) is 19.6. The molecule has 5 heteroatoms. The van der Waals surface area contributed by atoms with Gasteiger partial charge in [-0.2, -0.15) is 0 Å². The van der Waals surface area contributed by atoms with Gasteiger partial charge in [0.05, 0.1) is 11.8 Å². The molecule has 0 aliphatic heterocycles. The minimum atomic E-state index is 0.277. The van der Waals surface area contributed by atoms with Gasteiger partial charge in [0, 0.05) is 32.8 Å². The van der Waals surface area contributed by atoms with Gasteiger partial charge in [0.15, 0.2) is 0 Å². The summed E-state index contributed by atoms with van der Waals surface area (Å²) in [7, 11) is 3.77. The highest BCUT2D eigenvalue weighted by molar-refractivity contribution is 4.99. The van der Waals surface area contributed by atoms with Crippen molar-refractivity contribution in [1.82, 2.24) is 20.3 Å². The van der Waals surface area contributed by atoms with Crippen LogP contribution in [-0.4, -0.2) is 40.8 Å². The third-order valence-electron chi connectivity index (χ3n) is 4.52. The molecule has 0 radical (unpaired) electrons. The fraction of sp³-hybridized carbons (Fsp3) is 0.875. The second-order valence-electron chi connectivity index (χ2n) is 6.25. The molecule has 0 saturated heterocycles. The third-order valence-corrected chi connectivity index (χ3v) is 4.52. The van der Waals surface area contributed by atoms with E-state index in [1.54, 1.807) is 4.68 Å². The van der Waals surface area contributed by atoms with Crippen molar-refractivity contribution in [2.45, 2.75) is 64.0 Å². The molecule has 0 amide bonds. The van der Waals surface area contributed by atoms with Gasteiger partial charge in [-0.25, -0.2) is 0 Å². The van der Waals surface area contributed by atoms with E-state index in [1.165, 1.54) is 32.1 Å². The van der Waals surface area contributed by atoms with Crippen molar-refractivity contribution >= 4 is 0 Å². The highest BCUT2D eigenvalue weighted by Gasteiger charge is 2.30. The van der Waals surface area contributed by atoms with Crippen LogP contribution in [0.3, 0.4) is 0 Å². The average Bonchev–Trinajstić information content (AvgIpc) is 2.91. The molecule has 1 aromatic rings. The molecule has 2 atom stereocenters. The Bertz CT molecular complexity index is 401. The van der Waals surface area contributed by atoms with Crippen LogP contribution in [0.25, 0.3) is 0 Å². The Morgan fingerprint density at radius 2 is 2.14 bits per heavy atom.